The summed E-state index contributed by atoms with van der Waals surface area (Å²) in [6.45, 7) is 0. The van der Waals surface area contributed by atoms with E-state index in [9.17, 15) is 9.59 Å². The number of benzene rings is 1. The summed E-state index contributed by atoms with van der Waals surface area (Å²) in [7, 11) is -2.09. The lowest BCUT2D eigenvalue weighted by molar-refractivity contribution is 0.185. The molecule has 0 spiro atoms. The van der Waals surface area contributed by atoms with E-state index >= 15 is 0 Å². The minimum absolute atomic E-state index is 0.271. The summed E-state index contributed by atoms with van der Waals surface area (Å²) in [5, 5.41) is 0. The summed E-state index contributed by atoms with van der Waals surface area (Å²) in [4.78, 5) is 18.6. The molecule has 1 aromatic rings. The van der Waals surface area contributed by atoms with Crippen molar-refractivity contribution < 1.29 is 14.0 Å². The predicted octanol–water partition coefficient (Wildman–Crippen LogP) is 0.381. The van der Waals surface area contributed by atoms with Crippen LogP contribution in [0.25, 0.3) is 0 Å². The molecule has 0 unspecified atom stereocenters. The third-order valence-corrected chi connectivity index (χ3v) is 3.60. The Morgan fingerprint density at radius 3 is 2.36 bits per heavy atom. The number of anilines is 1. The molecule has 0 saturated carbocycles. The summed E-state index contributed by atoms with van der Waals surface area (Å²) in [6, 6.07) is 7.60. The topological polar surface area (TPSA) is 75.7 Å². The van der Waals surface area contributed by atoms with Gasteiger partial charge in [-0.05, 0) is 24.1 Å². The van der Waals surface area contributed by atoms with Crippen LogP contribution in [0.2, 0.25) is 6.04 Å². The highest BCUT2D eigenvalue weighted by atomic mass is 28.4. The summed E-state index contributed by atoms with van der Waals surface area (Å²) in [5.74, 6) is 0. The average molecular weight is 213 g/mol. The van der Waals surface area contributed by atoms with Crippen LogP contribution in [0, 0.1) is 0 Å². The van der Waals surface area contributed by atoms with Crippen LogP contribution in [0.4, 0.5) is 5.69 Å². The van der Waals surface area contributed by atoms with Gasteiger partial charge in [0, 0.05) is 18.8 Å². The van der Waals surface area contributed by atoms with E-state index in [1.807, 2.05) is 12.1 Å². The van der Waals surface area contributed by atoms with Crippen LogP contribution in [0.5, 0.6) is 0 Å². The number of hydrogen-bond acceptors (Lipinski definition) is 4. The Bertz CT molecular complexity index is 287. The second kappa shape index (κ2) is 4.56. The highest BCUT2D eigenvalue weighted by molar-refractivity contribution is 6.57. The van der Waals surface area contributed by atoms with Gasteiger partial charge in [0.2, 0.25) is 0 Å². The Labute approximate surface area is 84.3 Å². The number of hydrogen-bond donors (Lipinski definition) is 3. The summed E-state index contributed by atoms with van der Waals surface area (Å²) < 4.78 is 4.61. The first kappa shape index (κ1) is 11.2. The van der Waals surface area contributed by atoms with E-state index in [0.717, 1.165) is 5.56 Å². The van der Waals surface area contributed by atoms with Crippen molar-refractivity contribution in [1.29, 1.82) is 0 Å². The zero-order valence-corrected chi connectivity index (χ0v) is 9.10. The smallest absolute Gasteiger partial charge is 0.399 e. The summed E-state index contributed by atoms with van der Waals surface area (Å²) in [6.07, 6.45) is 0.591. The largest absolute Gasteiger partial charge is 0.495 e. The molecule has 5 heteroatoms. The van der Waals surface area contributed by atoms with Gasteiger partial charge in [-0.2, -0.15) is 0 Å². The molecule has 4 N–H and O–H groups in total. The summed E-state index contributed by atoms with van der Waals surface area (Å²) in [5.41, 5.74) is 7.25. The Balaban J connectivity index is 2.50. The molecule has 0 amide bonds. The molecule has 78 valence electrons. The molecule has 0 heterocycles. The van der Waals surface area contributed by atoms with Gasteiger partial charge >= 0.3 is 8.80 Å². The second-order valence-corrected chi connectivity index (χ2v) is 5.58. The molecular formula is C9H15NO3Si. The van der Waals surface area contributed by atoms with Gasteiger partial charge in [0.25, 0.3) is 0 Å². The maximum Gasteiger partial charge on any atom is 0.495 e. The van der Waals surface area contributed by atoms with Crippen LogP contribution < -0.4 is 5.73 Å². The molecule has 0 aliphatic rings. The lowest BCUT2D eigenvalue weighted by Crippen LogP contribution is -2.37. The highest BCUT2D eigenvalue weighted by Crippen LogP contribution is 2.11. The van der Waals surface area contributed by atoms with Crippen LogP contribution in [-0.2, 0) is 10.8 Å². The van der Waals surface area contributed by atoms with Crippen molar-refractivity contribution in [3.63, 3.8) is 0 Å². The van der Waals surface area contributed by atoms with Crippen LogP contribution in [-0.4, -0.2) is 25.5 Å². The lowest BCUT2D eigenvalue weighted by atomic mass is 10.2. The Morgan fingerprint density at radius 1 is 1.29 bits per heavy atom. The molecule has 14 heavy (non-hydrogen) atoms. The molecule has 0 fully saturated rings. The van der Waals surface area contributed by atoms with Crippen molar-refractivity contribution in [3.05, 3.63) is 29.8 Å². The monoisotopic (exact) mass is 213 g/mol. The summed E-state index contributed by atoms with van der Waals surface area (Å²) >= 11 is 0. The maximum atomic E-state index is 9.29. The first-order chi connectivity index (χ1) is 6.53. The molecule has 0 radical (unpaired) electrons. The van der Waals surface area contributed by atoms with Crippen LogP contribution in [0.15, 0.2) is 24.3 Å². The van der Waals surface area contributed by atoms with Crippen LogP contribution in [0.3, 0.4) is 0 Å². The van der Waals surface area contributed by atoms with Gasteiger partial charge in [-0.3, -0.25) is 0 Å². The fraction of sp³-hybridized carbons (Fsp3) is 0.333. The Kier molecular flexibility index (Phi) is 3.65. The molecule has 0 saturated heterocycles. The first-order valence-corrected chi connectivity index (χ1v) is 6.39. The van der Waals surface area contributed by atoms with Gasteiger partial charge in [-0.15, -0.1) is 0 Å². The second-order valence-electron chi connectivity index (χ2n) is 3.19. The molecule has 4 nitrogen and oxygen atoms in total. The van der Waals surface area contributed by atoms with Crippen molar-refractivity contribution in [2.24, 2.45) is 0 Å². The van der Waals surface area contributed by atoms with Gasteiger partial charge < -0.3 is 19.8 Å². The van der Waals surface area contributed by atoms with E-state index in [4.69, 9.17) is 5.73 Å². The maximum absolute atomic E-state index is 9.29. The van der Waals surface area contributed by atoms with Gasteiger partial charge in [-0.25, -0.2) is 0 Å². The molecule has 1 rings (SSSR count). The van der Waals surface area contributed by atoms with Gasteiger partial charge in [0.1, 0.15) is 0 Å². The normalized spacial score (nSPS) is 11.6. The molecular weight excluding hydrogens is 198 g/mol. The van der Waals surface area contributed by atoms with Crippen LogP contribution >= 0.6 is 0 Å². The van der Waals surface area contributed by atoms with Crippen molar-refractivity contribution in [2.75, 3.05) is 12.8 Å². The molecule has 0 bridgehead atoms. The van der Waals surface area contributed by atoms with E-state index in [-0.39, 0.29) is 6.04 Å². The number of nitrogens with two attached hydrogens (primary N) is 1. The van der Waals surface area contributed by atoms with Gasteiger partial charge in [0.05, 0.1) is 0 Å². The van der Waals surface area contributed by atoms with Gasteiger partial charge in [-0.1, -0.05) is 12.1 Å². The molecule has 1 aromatic carbocycles. The Hall–Kier alpha value is -0.883. The fourth-order valence-corrected chi connectivity index (χ4v) is 1.91. The van der Waals surface area contributed by atoms with Crippen molar-refractivity contribution in [3.8, 4) is 0 Å². The number of aryl methyl sites for hydroxylation is 1. The quantitative estimate of drug-likeness (QED) is 0.499. The molecule has 0 aliphatic heterocycles. The minimum Gasteiger partial charge on any atom is -0.399 e. The van der Waals surface area contributed by atoms with Crippen molar-refractivity contribution >= 4 is 14.5 Å². The van der Waals surface area contributed by atoms with Crippen molar-refractivity contribution in [1.82, 2.24) is 0 Å². The zero-order chi connectivity index (χ0) is 10.6. The number of nitrogen functional groups attached to an aromatic ring is 1. The van der Waals surface area contributed by atoms with E-state index in [0.29, 0.717) is 12.1 Å². The first-order valence-electron chi connectivity index (χ1n) is 4.38. The molecule has 0 aromatic heterocycles. The fourth-order valence-electron chi connectivity index (χ4n) is 1.09. The predicted molar refractivity (Wildman–Crippen MR) is 56.6 cm³/mol. The standard InChI is InChI=1S/C9H15NO3Si/c1-13-14(11,12)7-6-8-2-4-9(10)5-3-8/h2-5,11-12H,6-7,10H2,1H3. The van der Waals surface area contributed by atoms with Gasteiger partial charge in [0.15, 0.2) is 0 Å². The highest BCUT2D eigenvalue weighted by Gasteiger charge is 2.29. The molecule has 0 atom stereocenters. The Morgan fingerprint density at radius 2 is 1.86 bits per heavy atom. The number of rotatable bonds is 4. The SMILES string of the molecule is CO[Si](O)(O)CCc1ccc(N)cc1. The minimum atomic E-state index is -3.40. The van der Waals surface area contributed by atoms with E-state index in [1.54, 1.807) is 12.1 Å². The van der Waals surface area contributed by atoms with Crippen LogP contribution in [0.1, 0.15) is 5.56 Å². The van der Waals surface area contributed by atoms with E-state index in [1.165, 1.54) is 7.11 Å². The zero-order valence-electron chi connectivity index (χ0n) is 8.10. The van der Waals surface area contributed by atoms with Crippen molar-refractivity contribution in [2.45, 2.75) is 12.5 Å². The lowest BCUT2D eigenvalue weighted by Gasteiger charge is -2.14. The average Bonchev–Trinajstić information content (AvgIpc) is 2.17. The van der Waals surface area contributed by atoms with E-state index in [2.05, 4.69) is 4.43 Å². The molecule has 0 aliphatic carbocycles. The van der Waals surface area contributed by atoms with E-state index < -0.39 is 8.80 Å². The third-order valence-electron chi connectivity index (χ3n) is 2.05. The third kappa shape index (κ3) is 3.47.